The first-order valence-corrected chi connectivity index (χ1v) is 11.3. The van der Waals surface area contributed by atoms with Crippen molar-refractivity contribution in [3.8, 4) is 0 Å². The Bertz CT molecular complexity index is 1170. The number of nitrogens with two attached hydrogens (primary N) is 1. The van der Waals surface area contributed by atoms with E-state index in [4.69, 9.17) is 26.8 Å². The molecule has 0 saturated carbocycles. The largest absolute Gasteiger partial charge is 0.467 e. The minimum Gasteiger partial charge on any atom is -0.467 e. The third kappa shape index (κ3) is 6.61. The van der Waals surface area contributed by atoms with E-state index in [-0.39, 0.29) is 17.9 Å². The number of thioether (sulfide) groups is 1. The average Bonchev–Trinajstić information content (AvgIpc) is 2.83. The number of methoxy groups -OCH3 is 1. The van der Waals surface area contributed by atoms with Crippen molar-refractivity contribution in [2.75, 3.05) is 12.8 Å². The Balaban J connectivity index is 1.93. The fraction of sp³-hybridized carbons (Fsp3) is 0.167. The van der Waals surface area contributed by atoms with Crippen molar-refractivity contribution in [2.45, 2.75) is 22.8 Å². The van der Waals surface area contributed by atoms with Gasteiger partial charge in [-0.25, -0.2) is 18.4 Å². The number of rotatable bonds is 8. The highest BCUT2D eigenvalue weighted by Crippen LogP contribution is 2.42. The van der Waals surface area contributed by atoms with E-state index >= 15 is 0 Å². The van der Waals surface area contributed by atoms with Crippen molar-refractivity contribution in [1.82, 2.24) is 5.32 Å². The molecule has 2 unspecified atom stereocenters. The molecule has 3 aromatic rings. The molecule has 0 bridgehead atoms. The first-order valence-electron chi connectivity index (χ1n) is 10.00. The number of benzene rings is 3. The lowest BCUT2D eigenvalue weighted by atomic mass is 10.0. The van der Waals surface area contributed by atoms with E-state index in [2.05, 4.69) is 5.32 Å². The van der Waals surface area contributed by atoms with Crippen molar-refractivity contribution in [1.29, 1.82) is 0 Å². The topological polar surface area (TPSA) is 90.6 Å². The Hall–Kier alpha value is -3.30. The number of nitrogen functional groups attached to an aromatic ring is 1. The Labute approximate surface area is 204 Å². The van der Waals surface area contributed by atoms with Crippen molar-refractivity contribution < 1.29 is 27.8 Å². The number of alkyl carbamates (subject to hydrolysis) is 1. The van der Waals surface area contributed by atoms with Gasteiger partial charge in [0.25, 0.3) is 0 Å². The fourth-order valence-electron chi connectivity index (χ4n) is 3.08. The van der Waals surface area contributed by atoms with Gasteiger partial charge in [0.15, 0.2) is 0 Å². The molecule has 0 aromatic heterocycles. The van der Waals surface area contributed by atoms with Crippen molar-refractivity contribution in [3.05, 3.63) is 94.5 Å². The molecule has 0 aliphatic carbocycles. The summed E-state index contributed by atoms with van der Waals surface area (Å²) in [5.41, 5.74) is 6.85. The van der Waals surface area contributed by atoms with Crippen LogP contribution in [0.5, 0.6) is 0 Å². The van der Waals surface area contributed by atoms with Gasteiger partial charge in [0.1, 0.15) is 24.3 Å². The van der Waals surface area contributed by atoms with Crippen molar-refractivity contribution >= 4 is 41.1 Å². The molecular weight excluding hydrogens is 486 g/mol. The van der Waals surface area contributed by atoms with Crippen LogP contribution in [0.25, 0.3) is 0 Å². The third-order valence-corrected chi connectivity index (χ3v) is 6.38. The van der Waals surface area contributed by atoms with Crippen LogP contribution >= 0.6 is 23.4 Å². The highest BCUT2D eigenvalue weighted by molar-refractivity contribution is 7.99. The van der Waals surface area contributed by atoms with Crippen molar-refractivity contribution in [3.63, 3.8) is 0 Å². The van der Waals surface area contributed by atoms with Crippen LogP contribution in [-0.4, -0.2) is 25.2 Å². The summed E-state index contributed by atoms with van der Waals surface area (Å²) < 4.78 is 38.9. The highest BCUT2D eigenvalue weighted by atomic mass is 35.5. The summed E-state index contributed by atoms with van der Waals surface area (Å²) >= 11 is 6.91. The van der Waals surface area contributed by atoms with Crippen LogP contribution < -0.4 is 11.1 Å². The molecule has 0 spiro atoms. The van der Waals surface area contributed by atoms with Crippen LogP contribution in [-0.2, 0) is 20.9 Å². The summed E-state index contributed by atoms with van der Waals surface area (Å²) in [4.78, 5) is 25.7. The van der Waals surface area contributed by atoms with Gasteiger partial charge in [0.05, 0.1) is 12.4 Å². The molecule has 34 heavy (non-hydrogen) atoms. The van der Waals surface area contributed by atoms with Crippen LogP contribution in [0.3, 0.4) is 0 Å². The molecule has 0 heterocycles. The van der Waals surface area contributed by atoms with Crippen LogP contribution in [0, 0.1) is 11.6 Å². The minimum atomic E-state index is -1.44. The maximum Gasteiger partial charge on any atom is 0.408 e. The van der Waals surface area contributed by atoms with Gasteiger partial charge in [-0.05, 0) is 42.0 Å². The summed E-state index contributed by atoms with van der Waals surface area (Å²) in [5, 5.41) is 1.64. The lowest BCUT2D eigenvalue weighted by Gasteiger charge is -2.26. The van der Waals surface area contributed by atoms with Crippen LogP contribution in [0.15, 0.2) is 71.6 Å². The van der Waals surface area contributed by atoms with Crippen molar-refractivity contribution in [2.24, 2.45) is 0 Å². The molecule has 0 radical (unpaired) electrons. The Kier molecular flexibility index (Phi) is 8.72. The number of amides is 1. The molecule has 3 N–H and O–H groups in total. The summed E-state index contributed by atoms with van der Waals surface area (Å²) in [5.74, 6) is -2.38. The number of anilines is 1. The molecule has 178 valence electrons. The molecule has 2 atom stereocenters. The standard InChI is InChI=1S/C24H21ClF2N2O4S/c1-32-23(30)21(29-24(31)33-13-14-5-3-2-4-6-14)22(17-12-16(26)8-9-18(17)27)34-20-10-7-15(25)11-19(20)28/h2-12,21-22H,13,28H2,1H3,(H,29,31). The number of carbonyl (C=O) groups excluding carboxylic acids is 2. The summed E-state index contributed by atoms with van der Waals surface area (Å²) in [6.07, 6.45) is -0.939. The van der Waals surface area contributed by atoms with Gasteiger partial charge in [-0.15, -0.1) is 11.8 Å². The van der Waals surface area contributed by atoms with Gasteiger partial charge in [-0.3, -0.25) is 0 Å². The normalized spacial score (nSPS) is 12.5. The highest BCUT2D eigenvalue weighted by Gasteiger charge is 2.36. The zero-order valence-corrected chi connectivity index (χ0v) is 19.5. The minimum absolute atomic E-state index is 0.0587. The second-order valence-electron chi connectivity index (χ2n) is 7.09. The number of halogens is 3. The zero-order valence-electron chi connectivity index (χ0n) is 18.0. The summed E-state index contributed by atoms with van der Waals surface area (Å²) in [6, 6.07) is 14.9. The Morgan fingerprint density at radius 3 is 2.50 bits per heavy atom. The number of esters is 1. The van der Waals surface area contributed by atoms with Crippen LogP contribution in [0.1, 0.15) is 16.4 Å². The summed E-state index contributed by atoms with van der Waals surface area (Å²) in [6.45, 7) is -0.0587. The van der Waals surface area contributed by atoms with E-state index < -0.39 is 35.0 Å². The monoisotopic (exact) mass is 506 g/mol. The Morgan fingerprint density at radius 1 is 1.09 bits per heavy atom. The fourth-order valence-corrected chi connectivity index (χ4v) is 4.50. The number of nitrogens with one attached hydrogen (secondary N) is 1. The first kappa shape index (κ1) is 25.3. The third-order valence-electron chi connectivity index (χ3n) is 4.73. The SMILES string of the molecule is COC(=O)C(NC(=O)OCc1ccccc1)C(Sc1ccc(Cl)cc1N)c1cc(F)ccc1F. The number of ether oxygens (including phenoxy) is 2. The molecule has 3 aromatic carbocycles. The van der Waals surface area contributed by atoms with Gasteiger partial charge >= 0.3 is 12.1 Å². The predicted molar refractivity (Wildman–Crippen MR) is 126 cm³/mol. The molecule has 6 nitrogen and oxygen atoms in total. The zero-order chi connectivity index (χ0) is 24.7. The molecule has 0 aliphatic rings. The molecular formula is C24H21ClF2N2O4S. The Morgan fingerprint density at radius 2 is 1.82 bits per heavy atom. The lowest BCUT2D eigenvalue weighted by molar-refractivity contribution is -0.143. The van der Waals surface area contributed by atoms with E-state index in [0.717, 1.165) is 42.6 Å². The molecule has 0 saturated heterocycles. The van der Waals surface area contributed by atoms with E-state index in [1.165, 1.54) is 6.07 Å². The first-order chi connectivity index (χ1) is 16.3. The number of carbonyl (C=O) groups is 2. The van der Waals surface area contributed by atoms with Crippen LogP contribution in [0.4, 0.5) is 19.3 Å². The van der Waals surface area contributed by atoms with E-state index in [0.29, 0.717) is 9.92 Å². The maximum absolute atomic E-state index is 14.8. The molecule has 3 rings (SSSR count). The average molecular weight is 507 g/mol. The predicted octanol–water partition coefficient (Wildman–Crippen LogP) is 5.50. The van der Waals surface area contributed by atoms with Gasteiger partial charge in [0.2, 0.25) is 0 Å². The summed E-state index contributed by atoms with van der Waals surface area (Å²) in [7, 11) is 1.12. The lowest BCUT2D eigenvalue weighted by Crippen LogP contribution is -2.45. The number of hydrogen-bond donors (Lipinski definition) is 2. The van der Waals surface area contributed by atoms with Gasteiger partial charge in [0, 0.05) is 21.2 Å². The van der Waals surface area contributed by atoms with E-state index in [1.54, 1.807) is 36.4 Å². The second kappa shape index (κ2) is 11.7. The number of hydrogen-bond acceptors (Lipinski definition) is 6. The van der Waals surface area contributed by atoms with E-state index in [9.17, 15) is 18.4 Å². The maximum atomic E-state index is 14.8. The molecule has 10 heteroatoms. The smallest absolute Gasteiger partial charge is 0.408 e. The molecule has 0 fully saturated rings. The quantitative estimate of drug-likeness (QED) is 0.238. The van der Waals surface area contributed by atoms with E-state index in [1.807, 2.05) is 6.07 Å². The van der Waals surface area contributed by atoms with Gasteiger partial charge in [-0.1, -0.05) is 41.9 Å². The molecule has 1 amide bonds. The van der Waals surface area contributed by atoms with Crippen LogP contribution in [0.2, 0.25) is 5.02 Å². The van der Waals surface area contributed by atoms with Gasteiger partial charge < -0.3 is 20.5 Å². The molecule has 0 aliphatic heterocycles. The second-order valence-corrected chi connectivity index (χ2v) is 8.71. The van der Waals surface area contributed by atoms with Gasteiger partial charge in [-0.2, -0.15) is 0 Å².